The molecule has 0 amide bonds. The molecule has 8 nitrogen and oxygen atoms in total. The van der Waals surface area contributed by atoms with Crippen LogP contribution in [0, 0.1) is 17.8 Å². The van der Waals surface area contributed by atoms with Gasteiger partial charge in [0.2, 0.25) is 0 Å². The number of benzene rings is 1. The van der Waals surface area contributed by atoms with Crippen LogP contribution in [0.25, 0.3) is 0 Å². The van der Waals surface area contributed by atoms with E-state index in [1.165, 1.54) is 0 Å². The zero-order valence-corrected chi connectivity index (χ0v) is 22.6. The predicted molar refractivity (Wildman–Crippen MR) is 142 cm³/mol. The first kappa shape index (κ1) is 31.2. The van der Waals surface area contributed by atoms with Crippen LogP contribution in [0.2, 0.25) is 0 Å². The molecule has 0 heterocycles. The predicted octanol–water partition coefficient (Wildman–Crippen LogP) is 3.02. The fourth-order valence-electron chi connectivity index (χ4n) is 4.39. The molecule has 1 aromatic carbocycles. The molecule has 0 bridgehead atoms. The number of esters is 1. The van der Waals surface area contributed by atoms with Crippen LogP contribution in [-0.4, -0.2) is 95.6 Å². The summed E-state index contributed by atoms with van der Waals surface area (Å²) in [5.74, 6) is 5.24. The van der Waals surface area contributed by atoms with E-state index in [1.807, 2.05) is 18.2 Å². The van der Waals surface area contributed by atoms with Crippen LogP contribution in [0.5, 0.6) is 0 Å². The molecule has 37 heavy (non-hydrogen) atoms. The molecule has 0 radical (unpaired) electrons. The van der Waals surface area contributed by atoms with Gasteiger partial charge in [0.1, 0.15) is 0 Å². The van der Waals surface area contributed by atoms with Crippen LogP contribution < -0.4 is 0 Å². The molecule has 2 rings (SSSR count). The average Bonchev–Trinajstić information content (AvgIpc) is 2.95. The Hall–Kier alpha value is -1.99. The first-order chi connectivity index (χ1) is 18.1. The van der Waals surface area contributed by atoms with Gasteiger partial charge in [0, 0.05) is 19.6 Å². The molecule has 1 unspecified atom stereocenters. The van der Waals surface area contributed by atoms with Crippen molar-refractivity contribution in [1.29, 1.82) is 0 Å². The third-order valence-corrected chi connectivity index (χ3v) is 6.60. The highest BCUT2D eigenvalue weighted by Gasteiger charge is 2.47. The van der Waals surface area contributed by atoms with Crippen molar-refractivity contribution >= 4 is 5.97 Å². The first-order valence-corrected chi connectivity index (χ1v) is 13.5. The highest BCUT2D eigenvalue weighted by molar-refractivity contribution is 5.81. The van der Waals surface area contributed by atoms with Crippen LogP contribution in [0.4, 0.5) is 0 Å². The summed E-state index contributed by atoms with van der Waals surface area (Å²) in [5, 5.41) is 11.5. The minimum atomic E-state index is -1.63. The second kappa shape index (κ2) is 19.1. The fourth-order valence-corrected chi connectivity index (χ4v) is 4.39. The Kier molecular flexibility index (Phi) is 16.1. The summed E-state index contributed by atoms with van der Waals surface area (Å²) in [6.07, 6.45) is 4.80. The minimum absolute atomic E-state index is 0.0404. The van der Waals surface area contributed by atoms with Gasteiger partial charge in [-0.15, -0.1) is 0 Å². The molecule has 0 aromatic heterocycles. The molecule has 1 aromatic rings. The van der Waals surface area contributed by atoms with Crippen LogP contribution >= 0.6 is 0 Å². The van der Waals surface area contributed by atoms with Crippen LogP contribution in [0.3, 0.4) is 0 Å². The number of rotatable bonds is 18. The van der Waals surface area contributed by atoms with E-state index in [0.717, 1.165) is 45.2 Å². The Morgan fingerprint density at radius 1 is 0.946 bits per heavy atom. The molecule has 0 aliphatic heterocycles. The minimum Gasteiger partial charge on any atom is -0.450 e. The van der Waals surface area contributed by atoms with Gasteiger partial charge in [0.15, 0.2) is 12.2 Å². The molecular weight excluding hydrogens is 474 g/mol. The lowest BCUT2D eigenvalue weighted by Crippen LogP contribution is -2.45. The van der Waals surface area contributed by atoms with Gasteiger partial charge in [-0.25, -0.2) is 4.79 Å². The van der Waals surface area contributed by atoms with Crippen molar-refractivity contribution in [3.8, 4) is 11.8 Å². The van der Waals surface area contributed by atoms with E-state index in [0.29, 0.717) is 58.4 Å². The Morgan fingerprint density at radius 3 is 2.19 bits per heavy atom. The number of hydrogen-bond acceptors (Lipinski definition) is 8. The summed E-state index contributed by atoms with van der Waals surface area (Å²) in [7, 11) is 1.65. The van der Waals surface area contributed by atoms with Crippen molar-refractivity contribution in [2.75, 3.05) is 79.6 Å². The lowest BCUT2D eigenvalue weighted by atomic mass is 9.73. The van der Waals surface area contributed by atoms with E-state index in [-0.39, 0.29) is 12.5 Å². The summed E-state index contributed by atoms with van der Waals surface area (Å²) in [5.41, 5.74) is -1.03. The molecule has 1 N–H and O–H groups in total. The molecule has 0 saturated heterocycles. The van der Waals surface area contributed by atoms with Gasteiger partial charge < -0.3 is 28.8 Å². The molecule has 1 aliphatic carbocycles. The number of carbonyl (C=O) groups is 1. The summed E-state index contributed by atoms with van der Waals surface area (Å²) in [6.45, 7) is 8.06. The Bertz CT molecular complexity index is 788. The van der Waals surface area contributed by atoms with Gasteiger partial charge in [0.05, 0.1) is 52.8 Å². The lowest BCUT2D eigenvalue weighted by Gasteiger charge is -2.36. The summed E-state index contributed by atoms with van der Waals surface area (Å²) >= 11 is 0. The van der Waals surface area contributed by atoms with Gasteiger partial charge in [-0.05, 0) is 24.9 Å². The highest BCUT2D eigenvalue weighted by Crippen LogP contribution is 2.40. The topological polar surface area (TPSA) is 86.7 Å². The molecule has 1 saturated carbocycles. The van der Waals surface area contributed by atoms with E-state index in [2.05, 4.69) is 23.7 Å². The third-order valence-electron chi connectivity index (χ3n) is 6.60. The molecule has 8 heteroatoms. The molecule has 1 aliphatic rings. The van der Waals surface area contributed by atoms with Crippen LogP contribution in [-0.2, 0) is 34.1 Å². The van der Waals surface area contributed by atoms with E-state index >= 15 is 0 Å². The van der Waals surface area contributed by atoms with Gasteiger partial charge in [-0.2, -0.15) is 0 Å². The Labute approximate surface area is 222 Å². The molecule has 208 valence electrons. The first-order valence-electron chi connectivity index (χ1n) is 13.5. The van der Waals surface area contributed by atoms with E-state index in [9.17, 15) is 9.90 Å². The lowest BCUT2D eigenvalue weighted by molar-refractivity contribution is -0.174. The van der Waals surface area contributed by atoms with Crippen LogP contribution in [0.1, 0.15) is 44.6 Å². The second-order valence-electron chi connectivity index (χ2n) is 9.10. The maximum atomic E-state index is 13.1. The zero-order valence-electron chi connectivity index (χ0n) is 22.6. The quantitative estimate of drug-likeness (QED) is 0.180. The van der Waals surface area contributed by atoms with Gasteiger partial charge in [0.25, 0.3) is 0 Å². The largest absolute Gasteiger partial charge is 0.450 e. The van der Waals surface area contributed by atoms with E-state index in [1.54, 1.807) is 19.2 Å². The number of aliphatic hydroxyl groups is 1. The number of methoxy groups -OCH3 is 1. The average molecular weight is 520 g/mol. The SMILES string of the molecule is CCN(CC#CCOC(=O)C(O)(c1ccccc1)C1CCCCC1)CCOCCOCCOCCOC. The molecule has 1 atom stereocenters. The van der Waals surface area contributed by atoms with Crippen molar-refractivity contribution in [2.45, 2.75) is 44.6 Å². The molecule has 1 fully saturated rings. The van der Waals surface area contributed by atoms with Crippen LogP contribution in [0.15, 0.2) is 30.3 Å². The Morgan fingerprint density at radius 2 is 1.57 bits per heavy atom. The van der Waals surface area contributed by atoms with Gasteiger partial charge in [-0.1, -0.05) is 68.4 Å². The maximum Gasteiger partial charge on any atom is 0.344 e. The monoisotopic (exact) mass is 519 g/mol. The number of nitrogens with zero attached hydrogens (tertiary/aromatic N) is 1. The summed E-state index contributed by atoms with van der Waals surface area (Å²) in [6, 6.07) is 9.16. The second-order valence-corrected chi connectivity index (χ2v) is 9.10. The standard InChI is InChI=1S/C29H45NO7/c1-3-30(17-19-34-22-23-36-25-24-35-21-20-33-2)16-10-11-18-37-28(31)29(32,26-12-6-4-7-13-26)27-14-8-5-9-15-27/h4,6-7,12-13,27,32H,3,5,8-9,14-25H2,1-2H3. The van der Waals surface area contributed by atoms with Crippen molar-refractivity contribution in [2.24, 2.45) is 5.92 Å². The normalized spacial score (nSPS) is 15.7. The van der Waals surface area contributed by atoms with Crippen molar-refractivity contribution in [3.63, 3.8) is 0 Å². The van der Waals surface area contributed by atoms with E-state index < -0.39 is 11.6 Å². The summed E-state index contributed by atoms with van der Waals surface area (Å²) in [4.78, 5) is 15.2. The Balaban J connectivity index is 1.66. The van der Waals surface area contributed by atoms with Gasteiger partial charge >= 0.3 is 5.97 Å². The fraction of sp³-hybridized carbons (Fsp3) is 0.690. The maximum absolute atomic E-state index is 13.1. The van der Waals surface area contributed by atoms with E-state index in [4.69, 9.17) is 23.7 Å². The van der Waals surface area contributed by atoms with Crippen molar-refractivity contribution < 1.29 is 33.6 Å². The van der Waals surface area contributed by atoms with Crippen molar-refractivity contribution in [3.05, 3.63) is 35.9 Å². The summed E-state index contributed by atoms with van der Waals surface area (Å²) < 4.78 is 26.8. The number of hydrogen-bond donors (Lipinski definition) is 1. The number of likely N-dealkylation sites (N-methyl/N-ethyl adjacent to an activating group) is 1. The molecular formula is C29H45NO7. The third kappa shape index (κ3) is 11.5. The molecule has 0 spiro atoms. The smallest absolute Gasteiger partial charge is 0.344 e. The number of ether oxygens (including phenoxy) is 5. The van der Waals surface area contributed by atoms with Gasteiger partial charge in [-0.3, -0.25) is 4.90 Å². The highest BCUT2D eigenvalue weighted by atomic mass is 16.6. The zero-order chi connectivity index (χ0) is 26.6. The van der Waals surface area contributed by atoms with Crippen molar-refractivity contribution in [1.82, 2.24) is 4.90 Å². The number of carbonyl (C=O) groups excluding carboxylic acids is 1.